The number of rotatable bonds is 3. The summed E-state index contributed by atoms with van der Waals surface area (Å²) in [5.74, 6) is -0.130. The molecule has 1 spiro atoms. The summed E-state index contributed by atoms with van der Waals surface area (Å²) in [6, 6.07) is 8.15. The number of nitrogen functional groups attached to an aromatic ring is 1. The van der Waals surface area contributed by atoms with Gasteiger partial charge in [-0.2, -0.15) is 0 Å². The molecule has 2 aliphatic heterocycles. The number of piperidine rings is 1. The molecular weight excluding hydrogens is 417 g/mol. The summed E-state index contributed by atoms with van der Waals surface area (Å²) < 4.78 is 20.6. The lowest BCUT2D eigenvalue weighted by Crippen LogP contribution is -2.56. The maximum Gasteiger partial charge on any atom is 0.161 e. The number of ketones is 1. The van der Waals surface area contributed by atoms with Crippen molar-refractivity contribution in [3.05, 3.63) is 46.7 Å². The number of hydrogen-bond donors (Lipinski definition) is 2. The van der Waals surface area contributed by atoms with Gasteiger partial charge in [-0.25, -0.2) is 4.39 Å². The highest BCUT2D eigenvalue weighted by Crippen LogP contribution is 2.60. The van der Waals surface area contributed by atoms with Gasteiger partial charge in [0.1, 0.15) is 17.6 Å². The molecule has 2 aliphatic rings. The molecule has 1 fully saturated rings. The zero-order chi connectivity index (χ0) is 22.6. The number of Topliss-reactive ketones (excluding diaryl/α,β-unsaturated/α-hetero) is 1. The maximum atomic E-state index is 15.0. The van der Waals surface area contributed by atoms with Crippen molar-refractivity contribution in [2.45, 2.75) is 45.1 Å². The SMILES string of the molecule is COc1cc(F)c(Cl)c2c1N(c1ccccc1N)C(C(=O)C(C)(C)C)C21CCNCC1. The van der Waals surface area contributed by atoms with Gasteiger partial charge in [0.15, 0.2) is 5.78 Å². The maximum absolute atomic E-state index is 15.0. The molecular formula is C24H29ClFN3O2. The van der Waals surface area contributed by atoms with Crippen molar-refractivity contribution in [1.29, 1.82) is 0 Å². The van der Waals surface area contributed by atoms with Crippen molar-refractivity contribution in [3.63, 3.8) is 0 Å². The Hall–Kier alpha value is -2.31. The van der Waals surface area contributed by atoms with Crippen LogP contribution in [0.15, 0.2) is 30.3 Å². The first-order valence-electron chi connectivity index (χ1n) is 10.6. The molecule has 1 unspecified atom stereocenters. The van der Waals surface area contributed by atoms with E-state index in [1.54, 1.807) is 6.07 Å². The monoisotopic (exact) mass is 445 g/mol. The normalized spacial score (nSPS) is 20.1. The van der Waals surface area contributed by atoms with Crippen molar-refractivity contribution in [1.82, 2.24) is 5.32 Å². The third kappa shape index (κ3) is 3.28. The Morgan fingerprint density at radius 2 is 1.94 bits per heavy atom. The summed E-state index contributed by atoms with van der Waals surface area (Å²) in [5.41, 5.74) is 7.64. The van der Waals surface area contributed by atoms with Gasteiger partial charge in [-0.15, -0.1) is 0 Å². The number of nitrogens with two attached hydrogens (primary N) is 1. The molecule has 2 aromatic rings. The number of nitrogens with one attached hydrogen (secondary N) is 1. The zero-order valence-electron chi connectivity index (χ0n) is 18.4. The van der Waals surface area contributed by atoms with Crippen molar-refractivity contribution in [2.75, 3.05) is 30.8 Å². The van der Waals surface area contributed by atoms with Crippen LogP contribution in [0.25, 0.3) is 0 Å². The molecule has 0 bridgehead atoms. The second kappa shape index (κ2) is 7.68. The summed E-state index contributed by atoms with van der Waals surface area (Å²) >= 11 is 6.65. The number of fused-ring (bicyclic) bond motifs is 2. The minimum absolute atomic E-state index is 0.0569. The van der Waals surface area contributed by atoms with Gasteiger partial charge < -0.3 is 20.7 Å². The predicted molar refractivity (Wildman–Crippen MR) is 123 cm³/mol. The van der Waals surface area contributed by atoms with Gasteiger partial charge in [0.05, 0.1) is 29.2 Å². The van der Waals surface area contributed by atoms with E-state index in [1.807, 2.05) is 43.9 Å². The van der Waals surface area contributed by atoms with E-state index in [1.165, 1.54) is 13.2 Å². The van der Waals surface area contributed by atoms with Crippen LogP contribution in [0.1, 0.15) is 39.2 Å². The minimum Gasteiger partial charge on any atom is -0.494 e. The molecule has 0 saturated carbocycles. The van der Waals surface area contributed by atoms with Gasteiger partial charge in [0.2, 0.25) is 0 Å². The molecule has 0 aromatic heterocycles. The number of anilines is 3. The largest absolute Gasteiger partial charge is 0.494 e. The number of carbonyl (C=O) groups is 1. The number of ether oxygens (including phenoxy) is 1. The van der Waals surface area contributed by atoms with Crippen molar-refractivity contribution >= 4 is 34.4 Å². The third-order valence-electron chi connectivity index (χ3n) is 6.58. The van der Waals surface area contributed by atoms with Crippen LogP contribution in [-0.2, 0) is 10.2 Å². The molecule has 0 radical (unpaired) electrons. The fourth-order valence-corrected chi connectivity index (χ4v) is 5.43. The average Bonchev–Trinajstić information content (AvgIpc) is 3.00. The molecule has 1 saturated heterocycles. The molecule has 4 rings (SSSR count). The average molecular weight is 446 g/mol. The summed E-state index contributed by atoms with van der Waals surface area (Å²) in [5, 5.41) is 3.43. The predicted octanol–water partition coefficient (Wildman–Crippen LogP) is 4.83. The molecule has 7 heteroatoms. The lowest BCUT2D eigenvalue weighted by atomic mass is 9.65. The number of para-hydroxylation sites is 2. The van der Waals surface area contributed by atoms with E-state index in [9.17, 15) is 9.18 Å². The van der Waals surface area contributed by atoms with Crippen LogP contribution < -0.4 is 20.7 Å². The fraction of sp³-hybridized carbons (Fsp3) is 0.458. The lowest BCUT2D eigenvalue weighted by molar-refractivity contribution is -0.129. The molecule has 0 aliphatic carbocycles. The Morgan fingerprint density at radius 1 is 1.29 bits per heavy atom. The van der Waals surface area contributed by atoms with Gasteiger partial charge in [0.25, 0.3) is 0 Å². The first-order valence-corrected chi connectivity index (χ1v) is 11.0. The van der Waals surface area contributed by atoms with Crippen LogP contribution in [0.3, 0.4) is 0 Å². The standard InChI is InChI=1S/C24H29ClFN3O2/c1-23(2,3)22(30)21-24(9-11-28-12-10-24)18-19(25)14(26)13-17(31-4)20(18)29(21)16-8-6-5-7-15(16)27/h5-8,13,21,28H,9-12,27H2,1-4H3. The Bertz CT molecular complexity index is 1030. The topological polar surface area (TPSA) is 67.6 Å². The second-order valence-electron chi connectivity index (χ2n) is 9.45. The summed E-state index contributed by atoms with van der Waals surface area (Å²) in [6.45, 7) is 7.17. The Morgan fingerprint density at radius 3 is 2.52 bits per heavy atom. The van der Waals surface area contributed by atoms with Gasteiger partial charge in [0, 0.05) is 22.5 Å². The molecule has 0 amide bonds. The molecule has 3 N–H and O–H groups in total. The van der Waals surface area contributed by atoms with E-state index in [0.29, 0.717) is 54.3 Å². The Kier molecular flexibility index (Phi) is 5.42. The van der Waals surface area contributed by atoms with Crippen LogP contribution in [0, 0.1) is 11.2 Å². The van der Waals surface area contributed by atoms with Gasteiger partial charge in [-0.3, -0.25) is 4.79 Å². The molecule has 1 atom stereocenters. The summed E-state index contributed by atoms with van der Waals surface area (Å²) in [7, 11) is 1.50. The highest BCUT2D eigenvalue weighted by Gasteiger charge is 2.59. The molecule has 166 valence electrons. The first kappa shape index (κ1) is 21.9. The van der Waals surface area contributed by atoms with E-state index in [-0.39, 0.29) is 10.8 Å². The number of benzene rings is 2. The van der Waals surface area contributed by atoms with Crippen molar-refractivity contribution in [2.24, 2.45) is 5.41 Å². The Labute approximate surface area is 187 Å². The fourth-order valence-electron chi connectivity index (χ4n) is 5.10. The van der Waals surface area contributed by atoms with Gasteiger partial charge in [-0.05, 0) is 38.1 Å². The third-order valence-corrected chi connectivity index (χ3v) is 6.95. The van der Waals surface area contributed by atoms with Crippen LogP contribution in [-0.4, -0.2) is 32.0 Å². The van der Waals surface area contributed by atoms with Gasteiger partial charge >= 0.3 is 0 Å². The number of methoxy groups -OCH3 is 1. The second-order valence-corrected chi connectivity index (χ2v) is 9.83. The smallest absolute Gasteiger partial charge is 0.161 e. The van der Waals surface area contributed by atoms with E-state index in [2.05, 4.69) is 5.32 Å². The van der Waals surface area contributed by atoms with E-state index in [0.717, 1.165) is 0 Å². The zero-order valence-corrected chi connectivity index (χ0v) is 19.1. The molecule has 5 nitrogen and oxygen atoms in total. The first-order chi connectivity index (χ1) is 14.6. The minimum atomic E-state index is -0.653. The van der Waals surface area contributed by atoms with Gasteiger partial charge in [-0.1, -0.05) is 44.5 Å². The number of hydrogen-bond acceptors (Lipinski definition) is 5. The number of halogens is 2. The lowest BCUT2D eigenvalue weighted by Gasteiger charge is -2.43. The quantitative estimate of drug-likeness (QED) is 0.662. The van der Waals surface area contributed by atoms with Crippen LogP contribution >= 0.6 is 11.6 Å². The summed E-state index contributed by atoms with van der Waals surface area (Å²) in [6.07, 6.45) is 1.31. The number of carbonyl (C=O) groups excluding carboxylic acids is 1. The van der Waals surface area contributed by atoms with E-state index >= 15 is 0 Å². The van der Waals surface area contributed by atoms with Crippen molar-refractivity contribution < 1.29 is 13.9 Å². The van der Waals surface area contributed by atoms with Crippen LogP contribution in [0.5, 0.6) is 5.75 Å². The van der Waals surface area contributed by atoms with E-state index < -0.39 is 22.7 Å². The molecule has 2 heterocycles. The Balaban J connectivity index is 2.11. The van der Waals surface area contributed by atoms with Crippen LogP contribution in [0.2, 0.25) is 5.02 Å². The van der Waals surface area contributed by atoms with E-state index in [4.69, 9.17) is 22.1 Å². The van der Waals surface area contributed by atoms with Crippen molar-refractivity contribution in [3.8, 4) is 5.75 Å². The molecule has 2 aromatic carbocycles. The molecule has 31 heavy (non-hydrogen) atoms. The number of nitrogens with zero attached hydrogens (tertiary/aromatic N) is 1. The highest BCUT2D eigenvalue weighted by atomic mass is 35.5. The summed E-state index contributed by atoms with van der Waals surface area (Å²) in [4.78, 5) is 16.0. The highest BCUT2D eigenvalue weighted by molar-refractivity contribution is 6.32. The van der Waals surface area contributed by atoms with Crippen LogP contribution in [0.4, 0.5) is 21.5 Å².